The zero-order chi connectivity index (χ0) is 14.5. The van der Waals surface area contributed by atoms with Crippen molar-refractivity contribution in [3.63, 3.8) is 0 Å². The zero-order valence-electron chi connectivity index (χ0n) is 12.2. The fourth-order valence-corrected chi connectivity index (χ4v) is 2.57. The first-order chi connectivity index (χ1) is 9.60. The Morgan fingerprint density at radius 1 is 1.25 bits per heavy atom. The third-order valence-electron chi connectivity index (χ3n) is 3.82. The molecule has 1 N–H and O–H groups in total. The number of nitrogens with one attached hydrogen (secondary N) is 1. The Morgan fingerprint density at radius 3 is 2.55 bits per heavy atom. The van der Waals surface area contributed by atoms with Gasteiger partial charge >= 0.3 is 0 Å². The Kier molecular flexibility index (Phi) is 5.40. The molecule has 1 aromatic rings. The van der Waals surface area contributed by atoms with Crippen molar-refractivity contribution in [3.05, 3.63) is 28.8 Å². The van der Waals surface area contributed by atoms with Crippen molar-refractivity contribution in [2.24, 2.45) is 0 Å². The summed E-state index contributed by atoms with van der Waals surface area (Å²) in [5, 5.41) is 3.62. The van der Waals surface area contributed by atoms with Gasteiger partial charge in [0, 0.05) is 36.9 Å². The predicted octanol–water partition coefficient (Wildman–Crippen LogP) is 2.22. The third kappa shape index (κ3) is 3.95. The van der Waals surface area contributed by atoms with E-state index in [1.807, 2.05) is 25.1 Å². The van der Waals surface area contributed by atoms with Crippen LogP contribution >= 0.6 is 11.6 Å². The number of anilines is 1. The standard InChI is InChI=1S/C15H22ClN3O/c1-3-18-7-9-19(10-8-18)11-15(20)17-14-6-4-5-13(16)12(14)2/h4-6H,3,7-11H2,1-2H3,(H,17,20). The minimum Gasteiger partial charge on any atom is -0.325 e. The lowest BCUT2D eigenvalue weighted by Crippen LogP contribution is -2.48. The van der Waals surface area contributed by atoms with Gasteiger partial charge in [-0.05, 0) is 31.2 Å². The van der Waals surface area contributed by atoms with Crippen LogP contribution in [0.15, 0.2) is 18.2 Å². The normalized spacial score (nSPS) is 17.1. The number of carbonyl (C=O) groups is 1. The van der Waals surface area contributed by atoms with Crippen molar-refractivity contribution in [2.75, 3.05) is 44.6 Å². The summed E-state index contributed by atoms with van der Waals surface area (Å²) in [5.74, 6) is 0.0281. The van der Waals surface area contributed by atoms with E-state index in [9.17, 15) is 4.79 Å². The van der Waals surface area contributed by atoms with Crippen LogP contribution in [0.25, 0.3) is 0 Å². The van der Waals surface area contributed by atoms with E-state index in [2.05, 4.69) is 22.0 Å². The second-order valence-corrected chi connectivity index (χ2v) is 5.58. The molecule has 1 heterocycles. The molecule has 5 heteroatoms. The highest BCUT2D eigenvalue weighted by molar-refractivity contribution is 6.31. The molecule has 1 saturated heterocycles. The van der Waals surface area contributed by atoms with Gasteiger partial charge in [0.05, 0.1) is 6.54 Å². The maximum absolute atomic E-state index is 12.1. The van der Waals surface area contributed by atoms with E-state index in [1.165, 1.54) is 0 Å². The lowest BCUT2D eigenvalue weighted by Gasteiger charge is -2.33. The van der Waals surface area contributed by atoms with Crippen LogP contribution < -0.4 is 5.32 Å². The minimum atomic E-state index is 0.0281. The number of halogens is 1. The van der Waals surface area contributed by atoms with E-state index in [0.717, 1.165) is 44.0 Å². The van der Waals surface area contributed by atoms with Crippen LogP contribution in [-0.2, 0) is 4.79 Å². The number of rotatable bonds is 4. The van der Waals surface area contributed by atoms with E-state index in [0.29, 0.717) is 11.6 Å². The molecule has 1 aliphatic rings. The first-order valence-corrected chi connectivity index (χ1v) is 7.47. The largest absolute Gasteiger partial charge is 0.325 e. The second-order valence-electron chi connectivity index (χ2n) is 5.17. The molecule has 110 valence electrons. The molecule has 1 aliphatic heterocycles. The molecule has 0 radical (unpaired) electrons. The van der Waals surface area contributed by atoms with Gasteiger partial charge in [0.15, 0.2) is 0 Å². The number of amides is 1. The Hall–Kier alpha value is -1.10. The topological polar surface area (TPSA) is 35.6 Å². The smallest absolute Gasteiger partial charge is 0.238 e. The van der Waals surface area contributed by atoms with Gasteiger partial charge < -0.3 is 10.2 Å². The molecule has 1 aromatic carbocycles. The summed E-state index contributed by atoms with van der Waals surface area (Å²) < 4.78 is 0. The fourth-order valence-electron chi connectivity index (χ4n) is 2.40. The number of nitrogens with zero attached hydrogens (tertiary/aromatic N) is 2. The van der Waals surface area contributed by atoms with E-state index in [1.54, 1.807) is 0 Å². The summed E-state index contributed by atoms with van der Waals surface area (Å²) >= 11 is 6.05. The highest BCUT2D eigenvalue weighted by atomic mass is 35.5. The molecule has 20 heavy (non-hydrogen) atoms. The van der Waals surface area contributed by atoms with Crippen LogP contribution in [0.4, 0.5) is 5.69 Å². The van der Waals surface area contributed by atoms with Crippen LogP contribution in [0.2, 0.25) is 5.02 Å². The zero-order valence-corrected chi connectivity index (χ0v) is 12.9. The maximum atomic E-state index is 12.1. The number of hydrogen-bond donors (Lipinski definition) is 1. The van der Waals surface area contributed by atoms with Crippen LogP contribution in [-0.4, -0.2) is 55.0 Å². The molecule has 2 rings (SSSR count). The lowest BCUT2D eigenvalue weighted by atomic mass is 10.2. The number of likely N-dealkylation sites (N-methyl/N-ethyl adjacent to an activating group) is 1. The number of piperazine rings is 1. The van der Waals surface area contributed by atoms with Gasteiger partial charge in [0.25, 0.3) is 0 Å². The minimum absolute atomic E-state index is 0.0281. The van der Waals surface area contributed by atoms with Crippen molar-refractivity contribution < 1.29 is 4.79 Å². The quantitative estimate of drug-likeness (QED) is 0.925. The molecular weight excluding hydrogens is 274 g/mol. The lowest BCUT2D eigenvalue weighted by molar-refractivity contribution is -0.117. The molecule has 0 saturated carbocycles. The van der Waals surface area contributed by atoms with Crippen LogP contribution in [0, 0.1) is 6.92 Å². The van der Waals surface area contributed by atoms with Gasteiger partial charge in [-0.2, -0.15) is 0 Å². The Labute approximate surface area is 125 Å². The first kappa shape index (κ1) is 15.3. The van der Waals surface area contributed by atoms with Crippen molar-refractivity contribution in [2.45, 2.75) is 13.8 Å². The summed E-state index contributed by atoms with van der Waals surface area (Å²) in [7, 11) is 0. The van der Waals surface area contributed by atoms with Crippen LogP contribution in [0.3, 0.4) is 0 Å². The van der Waals surface area contributed by atoms with Crippen molar-refractivity contribution in [1.29, 1.82) is 0 Å². The second kappa shape index (κ2) is 7.07. The monoisotopic (exact) mass is 295 g/mol. The van der Waals surface area contributed by atoms with E-state index in [-0.39, 0.29) is 5.91 Å². The van der Waals surface area contributed by atoms with Crippen molar-refractivity contribution in [3.8, 4) is 0 Å². The summed E-state index contributed by atoms with van der Waals surface area (Å²) in [6.07, 6.45) is 0. The average Bonchev–Trinajstić information content (AvgIpc) is 2.45. The van der Waals surface area contributed by atoms with E-state index < -0.39 is 0 Å². The highest BCUT2D eigenvalue weighted by Crippen LogP contribution is 2.22. The van der Waals surface area contributed by atoms with Crippen molar-refractivity contribution >= 4 is 23.2 Å². The fraction of sp³-hybridized carbons (Fsp3) is 0.533. The first-order valence-electron chi connectivity index (χ1n) is 7.10. The molecule has 0 spiro atoms. The van der Waals surface area contributed by atoms with Gasteiger partial charge in [-0.25, -0.2) is 0 Å². The number of hydrogen-bond acceptors (Lipinski definition) is 3. The van der Waals surface area contributed by atoms with Gasteiger partial charge in [0.2, 0.25) is 5.91 Å². The average molecular weight is 296 g/mol. The summed E-state index contributed by atoms with van der Waals surface area (Å²) in [6, 6.07) is 5.57. The Balaban J connectivity index is 1.85. The number of benzene rings is 1. The van der Waals surface area contributed by atoms with Crippen LogP contribution in [0.1, 0.15) is 12.5 Å². The Morgan fingerprint density at radius 2 is 1.90 bits per heavy atom. The summed E-state index contributed by atoms with van der Waals surface area (Å²) in [4.78, 5) is 16.7. The van der Waals surface area contributed by atoms with Crippen molar-refractivity contribution in [1.82, 2.24) is 9.80 Å². The molecule has 1 amide bonds. The highest BCUT2D eigenvalue weighted by Gasteiger charge is 2.18. The molecule has 0 unspecified atom stereocenters. The molecule has 0 aromatic heterocycles. The summed E-state index contributed by atoms with van der Waals surface area (Å²) in [5.41, 5.74) is 1.72. The van der Waals surface area contributed by atoms with E-state index in [4.69, 9.17) is 11.6 Å². The SMILES string of the molecule is CCN1CCN(CC(=O)Nc2cccc(Cl)c2C)CC1. The van der Waals surface area contributed by atoms with Crippen LogP contribution in [0.5, 0.6) is 0 Å². The van der Waals surface area contributed by atoms with Gasteiger partial charge in [0.1, 0.15) is 0 Å². The molecule has 1 fully saturated rings. The maximum Gasteiger partial charge on any atom is 0.238 e. The van der Waals surface area contributed by atoms with Gasteiger partial charge in [-0.1, -0.05) is 24.6 Å². The molecule has 0 atom stereocenters. The molecule has 4 nitrogen and oxygen atoms in total. The third-order valence-corrected chi connectivity index (χ3v) is 4.23. The van der Waals surface area contributed by atoms with E-state index >= 15 is 0 Å². The number of carbonyl (C=O) groups excluding carboxylic acids is 1. The van der Waals surface area contributed by atoms with Gasteiger partial charge in [-0.3, -0.25) is 9.69 Å². The molecule has 0 bridgehead atoms. The molecule has 0 aliphatic carbocycles. The Bertz CT molecular complexity index is 470. The summed E-state index contributed by atoms with van der Waals surface area (Å²) in [6.45, 7) is 9.61. The predicted molar refractivity (Wildman–Crippen MR) is 83.4 cm³/mol. The molecular formula is C15H22ClN3O. The van der Waals surface area contributed by atoms with Gasteiger partial charge in [-0.15, -0.1) is 0 Å².